The monoisotopic (exact) mass is 139 g/mol. The van der Waals surface area contributed by atoms with E-state index in [1.54, 1.807) is 12.7 Å². The van der Waals surface area contributed by atoms with E-state index in [4.69, 9.17) is 0 Å². The standard InChI is InChI=1S/C7H13N3/c1-3-7(2)4-10-6-8-5-9-10/h5-7H,3-4H2,1-2H3/t7-/m0/s1. The molecule has 1 aromatic heterocycles. The van der Waals surface area contributed by atoms with Crippen LogP contribution in [0.4, 0.5) is 0 Å². The average molecular weight is 139 g/mol. The molecule has 1 atom stereocenters. The highest BCUT2D eigenvalue weighted by Crippen LogP contribution is 2.02. The molecule has 0 spiro atoms. The van der Waals surface area contributed by atoms with Crippen molar-refractivity contribution in [3.63, 3.8) is 0 Å². The summed E-state index contributed by atoms with van der Waals surface area (Å²) in [6, 6.07) is 0. The van der Waals surface area contributed by atoms with Gasteiger partial charge in [0.05, 0.1) is 0 Å². The summed E-state index contributed by atoms with van der Waals surface area (Å²) < 4.78 is 1.87. The molecule has 10 heavy (non-hydrogen) atoms. The minimum Gasteiger partial charge on any atom is -0.253 e. The van der Waals surface area contributed by atoms with E-state index in [0.717, 1.165) is 6.54 Å². The lowest BCUT2D eigenvalue weighted by atomic mass is 10.1. The molecule has 0 saturated carbocycles. The summed E-state index contributed by atoms with van der Waals surface area (Å²) in [5.74, 6) is 0.696. The Morgan fingerprint density at radius 2 is 2.40 bits per heavy atom. The third-order valence-electron chi connectivity index (χ3n) is 1.66. The molecule has 0 aliphatic carbocycles. The van der Waals surface area contributed by atoms with Crippen molar-refractivity contribution in [2.75, 3.05) is 0 Å². The molecule has 0 saturated heterocycles. The van der Waals surface area contributed by atoms with E-state index >= 15 is 0 Å². The van der Waals surface area contributed by atoms with Gasteiger partial charge in [-0.1, -0.05) is 20.3 Å². The van der Waals surface area contributed by atoms with Crippen LogP contribution in [0, 0.1) is 5.92 Å². The van der Waals surface area contributed by atoms with Crippen molar-refractivity contribution < 1.29 is 0 Å². The number of aromatic nitrogens is 3. The summed E-state index contributed by atoms with van der Waals surface area (Å²) in [4.78, 5) is 3.86. The van der Waals surface area contributed by atoms with Crippen LogP contribution in [-0.4, -0.2) is 14.8 Å². The van der Waals surface area contributed by atoms with E-state index < -0.39 is 0 Å². The van der Waals surface area contributed by atoms with E-state index in [2.05, 4.69) is 23.9 Å². The molecule has 0 unspecified atom stereocenters. The van der Waals surface area contributed by atoms with E-state index in [1.165, 1.54) is 6.42 Å². The van der Waals surface area contributed by atoms with Crippen molar-refractivity contribution in [2.45, 2.75) is 26.8 Å². The van der Waals surface area contributed by atoms with Gasteiger partial charge in [0.15, 0.2) is 0 Å². The second-order valence-electron chi connectivity index (χ2n) is 2.63. The van der Waals surface area contributed by atoms with Crippen LogP contribution in [0.2, 0.25) is 0 Å². The number of rotatable bonds is 3. The normalized spacial score (nSPS) is 13.4. The maximum atomic E-state index is 4.01. The SMILES string of the molecule is CC[C@H](C)Cn1cncn1. The van der Waals surface area contributed by atoms with Gasteiger partial charge in [-0.3, -0.25) is 4.68 Å². The number of nitrogens with zero attached hydrogens (tertiary/aromatic N) is 3. The predicted octanol–water partition coefficient (Wildman–Crippen LogP) is 1.32. The van der Waals surface area contributed by atoms with Gasteiger partial charge in [-0.15, -0.1) is 0 Å². The molecule has 3 heteroatoms. The second kappa shape index (κ2) is 3.34. The van der Waals surface area contributed by atoms with Crippen LogP contribution in [0.15, 0.2) is 12.7 Å². The molecular weight excluding hydrogens is 126 g/mol. The summed E-state index contributed by atoms with van der Waals surface area (Å²) in [7, 11) is 0. The van der Waals surface area contributed by atoms with E-state index in [0.29, 0.717) is 5.92 Å². The summed E-state index contributed by atoms with van der Waals surface area (Å²) in [6.07, 6.45) is 4.52. The van der Waals surface area contributed by atoms with E-state index in [1.807, 2.05) is 4.68 Å². The van der Waals surface area contributed by atoms with Crippen molar-refractivity contribution in [1.29, 1.82) is 0 Å². The van der Waals surface area contributed by atoms with Gasteiger partial charge in [-0.05, 0) is 5.92 Å². The van der Waals surface area contributed by atoms with E-state index in [-0.39, 0.29) is 0 Å². The molecule has 1 rings (SSSR count). The Hall–Kier alpha value is -0.860. The quantitative estimate of drug-likeness (QED) is 0.632. The fraction of sp³-hybridized carbons (Fsp3) is 0.714. The molecule has 0 bridgehead atoms. The van der Waals surface area contributed by atoms with Gasteiger partial charge in [0.25, 0.3) is 0 Å². The first kappa shape index (κ1) is 7.25. The highest BCUT2D eigenvalue weighted by molar-refractivity contribution is 4.58. The maximum absolute atomic E-state index is 4.01. The fourth-order valence-corrected chi connectivity index (χ4v) is 0.775. The molecule has 0 aliphatic heterocycles. The lowest BCUT2D eigenvalue weighted by molar-refractivity contribution is 0.438. The first-order valence-electron chi connectivity index (χ1n) is 3.65. The lowest BCUT2D eigenvalue weighted by Gasteiger charge is -2.06. The molecule has 0 N–H and O–H groups in total. The van der Waals surface area contributed by atoms with Crippen LogP contribution in [-0.2, 0) is 6.54 Å². The first-order chi connectivity index (χ1) is 4.83. The average Bonchev–Trinajstić information content (AvgIpc) is 2.40. The zero-order valence-corrected chi connectivity index (χ0v) is 6.49. The van der Waals surface area contributed by atoms with Crippen molar-refractivity contribution in [2.24, 2.45) is 5.92 Å². The lowest BCUT2D eigenvalue weighted by Crippen LogP contribution is -2.06. The molecule has 1 aromatic rings. The smallest absolute Gasteiger partial charge is 0.137 e. The Labute approximate surface area is 61.1 Å². The Kier molecular flexibility index (Phi) is 2.42. The van der Waals surface area contributed by atoms with Gasteiger partial charge >= 0.3 is 0 Å². The third kappa shape index (κ3) is 1.83. The summed E-state index contributed by atoms with van der Waals surface area (Å²) in [5, 5.41) is 4.01. The summed E-state index contributed by atoms with van der Waals surface area (Å²) >= 11 is 0. The van der Waals surface area contributed by atoms with Crippen LogP contribution >= 0.6 is 0 Å². The largest absolute Gasteiger partial charge is 0.253 e. The molecule has 0 amide bonds. The van der Waals surface area contributed by atoms with Gasteiger partial charge < -0.3 is 0 Å². The Balaban J connectivity index is 2.40. The predicted molar refractivity (Wildman–Crippen MR) is 39.5 cm³/mol. The molecular formula is C7H13N3. The van der Waals surface area contributed by atoms with Gasteiger partial charge in [0.1, 0.15) is 12.7 Å². The number of hydrogen-bond acceptors (Lipinski definition) is 2. The van der Waals surface area contributed by atoms with Crippen LogP contribution in [0.25, 0.3) is 0 Å². The zero-order valence-electron chi connectivity index (χ0n) is 6.49. The molecule has 0 aliphatic rings. The Bertz CT molecular complexity index is 169. The summed E-state index contributed by atoms with van der Waals surface area (Å²) in [5.41, 5.74) is 0. The highest BCUT2D eigenvalue weighted by atomic mass is 15.3. The van der Waals surface area contributed by atoms with Crippen LogP contribution in [0.1, 0.15) is 20.3 Å². The Morgan fingerprint density at radius 3 is 2.90 bits per heavy atom. The minimum atomic E-state index is 0.696. The summed E-state index contributed by atoms with van der Waals surface area (Å²) in [6.45, 7) is 5.37. The van der Waals surface area contributed by atoms with Crippen molar-refractivity contribution >= 4 is 0 Å². The van der Waals surface area contributed by atoms with Crippen LogP contribution in [0.5, 0.6) is 0 Å². The molecule has 0 fully saturated rings. The van der Waals surface area contributed by atoms with Gasteiger partial charge in [-0.25, -0.2) is 4.98 Å². The van der Waals surface area contributed by atoms with Gasteiger partial charge in [0.2, 0.25) is 0 Å². The minimum absolute atomic E-state index is 0.696. The van der Waals surface area contributed by atoms with Gasteiger partial charge in [0, 0.05) is 6.54 Å². The first-order valence-corrected chi connectivity index (χ1v) is 3.65. The van der Waals surface area contributed by atoms with Crippen molar-refractivity contribution in [1.82, 2.24) is 14.8 Å². The molecule has 0 radical (unpaired) electrons. The highest BCUT2D eigenvalue weighted by Gasteiger charge is 1.98. The molecule has 1 heterocycles. The fourth-order valence-electron chi connectivity index (χ4n) is 0.775. The van der Waals surface area contributed by atoms with E-state index in [9.17, 15) is 0 Å². The molecule has 0 aromatic carbocycles. The van der Waals surface area contributed by atoms with Crippen LogP contribution in [0.3, 0.4) is 0 Å². The number of hydrogen-bond donors (Lipinski definition) is 0. The molecule has 56 valence electrons. The van der Waals surface area contributed by atoms with Crippen LogP contribution < -0.4 is 0 Å². The van der Waals surface area contributed by atoms with Gasteiger partial charge in [-0.2, -0.15) is 5.10 Å². The van der Waals surface area contributed by atoms with Crippen molar-refractivity contribution in [3.8, 4) is 0 Å². The van der Waals surface area contributed by atoms with Crippen molar-refractivity contribution in [3.05, 3.63) is 12.7 Å². The maximum Gasteiger partial charge on any atom is 0.137 e. The second-order valence-corrected chi connectivity index (χ2v) is 2.63. The zero-order chi connectivity index (χ0) is 7.40. The molecule has 3 nitrogen and oxygen atoms in total. The topological polar surface area (TPSA) is 30.7 Å². The Morgan fingerprint density at radius 1 is 1.60 bits per heavy atom. The third-order valence-corrected chi connectivity index (χ3v) is 1.66.